The molecule has 26 heavy (non-hydrogen) atoms. The monoisotopic (exact) mass is 393 g/mol. The Morgan fingerprint density at radius 1 is 1.38 bits per heavy atom. The highest BCUT2D eigenvalue weighted by Crippen LogP contribution is 2.33. The van der Waals surface area contributed by atoms with Gasteiger partial charge in [0.05, 0.1) is 18.4 Å². The van der Waals surface area contributed by atoms with Gasteiger partial charge >= 0.3 is 5.97 Å². The van der Waals surface area contributed by atoms with Crippen LogP contribution in [0.4, 0.5) is 5.69 Å². The summed E-state index contributed by atoms with van der Waals surface area (Å²) in [7, 11) is 1.50. The minimum absolute atomic E-state index is 0.366. The van der Waals surface area contributed by atoms with Crippen LogP contribution in [0.5, 0.6) is 5.75 Å². The van der Waals surface area contributed by atoms with Crippen molar-refractivity contribution in [2.75, 3.05) is 19.0 Å². The van der Waals surface area contributed by atoms with Crippen LogP contribution in [0.25, 0.3) is 0 Å². The molecule has 0 radical (unpaired) electrons. The Morgan fingerprint density at radius 3 is 2.96 bits per heavy atom. The van der Waals surface area contributed by atoms with Gasteiger partial charge in [-0.2, -0.15) is 0 Å². The fourth-order valence-corrected chi connectivity index (χ4v) is 4.43. The van der Waals surface area contributed by atoms with Crippen molar-refractivity contribution in [1.82, 2.24) is 0 Å². The normalized spacial score (nSPS) is 15.9. The predicted molar refractivity (Wildman–Crippen MR) is 102 cm³/mol. The highest BCUT2D eigenvalue weighted by molar-refractivity contribution is 7.10. The Kier molecular flexibility index (Phi) is 5.84. The number of nitrogens with one attached hydrogen (secondary N) is 1. The number of amides is 1. The molecule has 3 rings (SSSR count). The Balaban J connectivity index is 1.60. The van der Waals surface area contributed by atoms with E-state index in [1.807, 2.05) is 5.38 Å². The zero-order chi connectivity index (χ0) is 18.7. The summed E-state index contributed by atoms with van der Waals surface area (Å²) in [5, 5.41) is 4.95. The molecule has 0 fully saturated rings. The van der Waals surface area contributed by atoms with Crippen molar-refractivity contribution >= 4 is 40.5 Å². The molecule has 1 aliphatic carbocycles. The fraction of sp³-hybridized carbons (Fsp3) is 0.368. The minimum Gasteiger partial charge on any atom is -0.495 e. The average molecular weight is 394 g/mol. The average Bonchev–Trinajstić information content (AvgIpc) is 3.03. The van der Waals surface area contributed by atoms with Crippen LogP contribution in [0.1, 0.15) is 34.1 Å². The summed E-state index contributed by atoms with van der Waals surface area (Å²) in [4.78, 5) is 25.7. The maximum Gasteiger partial charge on any atom is 0.339 e. The van der Waals surface area contributed by atoms with Gasteiger partial charge in [0.15, 0.2) is 6.61 Å². The molecule has 1 N–H and O–H groups in total. The zero-order valence-corrected chi connectivity index (χ0v) is 16.2. The number of hydrogen-bond acceptors (Lipinski definition) is 5. The molecule has 0 spiro atoms. The number of rotatable bonds is 5. The molecule has 1 atom stereocenters. The first-order valence-corrected chi connectivity index (χ1v) is 9.63. The number of anilines is 1. The standard InChI is InChI=1S/C19H20ClNO4S/c1-11-3-5-13-14(10-26-17(13)7-11)19(23)25-9-18(22)21-15-8-12(20)4-6-16(15)24-2/h4,6,8,10-11H,3,5,7,9H2,1-2H3,(H,21,22). The van der Waals surface area contributed by atoms with Crippen LogP contribution in [0.15, 0.2) is 23.6 Å². The topological polar surface area (TPSA) is 64.6 Å². The number of hydrogen-bond donors (Lipinski definition) is 1. The van der Waals surface area contributed by atoms with Crippen molar-refractivity contribution in [2.24, 2.45) is 5.92 Å². The summed E-state index contributed by atoms with van der Waals surface area (Å²) in [6.45, 7) is 1.85. The van der Waals surface area contributed by atoms with Crippen molar-refractivity contribution in [2.45, 2.75) is 26.2 Å². The molecule has 5 nitrogen and oxygen atoms in total. The molecule has 1 aromatic heterocycles. The van der Waals surface area contributed by atoms with E-state index in [0.29, 0.717) is 27.9 Å². The highest BCUT2D eigenvalue weighted by Gasteiger charge is 2.24. The number of methoxy groups -OCH3 is 1. The zero-order valence-electron chi connectivity index (χ0n) is 14.6. The third-order valence-electron chi connectivity index (χ3n) is 4.39. The van der Waals surface area contributed by atoms with Gasteiger partial charge in [0.25, 0.3) is 5.91 Å². The Bertz CT molecular complexity index is 833. The lowest BCUT2D eigenvalue weighted by molar-refractivity contribution is -0.119. The van der Waals surface area contributed by atoms with Gasteiger partial charge in [-0.25, -0.2) is 4.79 Å². The molecule has 0 aliphatic heterocycles. The molecule has 1 heterocycles. The second-order valence-electron chi connectivity index (χ2n) is 6.37. The summed E-state index contributed by atoms with van der Waals surface area (Å²) in [5.74, 6) is 0.223. The third-order valence-corrected chi connectivity index (χ3v) is 5.68. The van der Waals surface area contributed by atoms with Gasteiger partial charge in [0.1, 0.15) is 5.75 Å². The summed E-state index contributed by atoms with van der Waals surface area (Å²) in [6, 6.07) is 4.90. The van der Waals surface area contributed by atoms with E-state index in [1.165, 1.54) is 12.0 Å². The van der Waals surface area contributed by atoms with Crippen LogP contribution in [0.2, 0.25) is 5.02 Å². The van der Waals surface area contributed by atoms with Gasteiger partial charge in [-0.15, -0.1) is 11.3 Å². The van der Waals surface area contributed by atoms with Crippen LogP contribution < -0.4 is 10.1 Å². The fourth-order valence-electron chi connectivity index (χ4n) is 3.02. The molecule has 7 heteroatoms. The molecule has 1 aliphatic rings. The van der Waals surface area contributed by atoms with E-state index in [2.05, 4.69) is 12.2 Å². The maximum absolute atomic E-state index is 12.4. The second kappa shape index (κ2) is 8.10. The lowest BCUT2D eigenvalue weighted by Crippen LogP contribution is -2.22. The molecule has 1 unspecified atom stereocenters. The Hall–Kier alpha value is -2.05. The molecule has 138 valence electrons. The van der Waals surface area contributed by atoms with Gasteiger partial charge in [0.2, 0.25) is 0 Å². The first-order valence-electron chi connectivity index (χ1n) is 8.37. The molecule has 0 saturated heterocycles. The number of thiophene rings is 1. The van der Waals surface area contributed by atoms with Crippen LogP contribution in [-0.4, -0.2) is 25.6 Å². The van der Waals surface area contributed by atoms with Gasteiger partial charge in [-0.1, -0.05) is 18.5 Å². The van der Waals surface area contributed by atoms with E-state index in [4.69, 9.17) is 21.1 Å². The van der Waals surface area contributed by atoms with Gasteiger partial charge in [-0.05, 0) is 48.9 Å². The number of benzene rings is 1. The first kappa shape index (κ1) is 18.7. The van der Waals surface area contributed by atoms with Crippen LogP contribution >= 0.6 is 22.9 Å². The van der Waals surface area contributed by atoms with E-state index in [0.717, 1.165) is 24.8 Å². The van der Waals surface area contributed by atoms with Crippen molar-refractivity contribution in [3.63, 3.8) is 0 Å². The highest BCUT2D eigenvalue weighted by atomic mass is 35.5. The number of carbonyl (C=O) groups excluding carboxylic acids is 2. The van der Waals surface area contributed by atoms with Gasteiger partial charge < -0.3 is 14.8 Å². The maximum atomic E-state index is 12.4. The van der Waals surface area contributed by atoms with Crippen molar-refractivity contribution in [1.29, 1.82) is 0 Å². The quantitative estimate of drug-likeness (QED) is 0.768. The number of carbonyl (C=O) groups is 2. The number of halogens is 1. The van der Waals surface area contributed by atoms with E-state index in [-0.39, 0.29) is 6.61 Å². The van der Waals surface area contributed by atoms with Crippen LogP contribution in [0.3, 0.4) is 0 Å². The number of fused-ring (bicyclic) bond motifs is 1. The van der Waals surface area contributed by atoms with E-state index < -0.39 is 11.9 Å². The van der Waals surface area contributed by atoms with Gasteiger partial charge in [-0.3, -0.25) is 4.79 Å². The van der Waals surface area contributed by atoms with Crippen molar-refractivity contribution < 1.29 is 19.1 Å². The molecule has 1 aromatic carbocycles. The summed E-state index contributed by atoms with van der Waals surface area (Å²) in [6.07, 6.45) is 2.96. The SMILES string of the molecule is COc1ccc(Cl)cc1NC(=O)COC(=O)c1csc2c1CCC(C)C2. The third kappa shape index (κ3) is 4.19. The van der Waals surface area contributed by atoms with E-state index in [9.17, 15) is 9.59 Å². The Labute approximate surface area is 161 Å². The van der Waals surface area contributed by atoms with Crippen molar-refractivity contribution in [3.8, 4) is 5.75 Å². The molecule has 0 bridgehead atoms. The minimum atomic E-state index is -0.453. The van der Waals surface area contributed by atoms with Crippen LogP contribution in [0, 0.1) is 5.92 Å². The predicted octanol–water partition coefficient (Wildman–Crippen LogP) is 4.33. The first-order chi connectivity index (χ1) is 12.5. The largest absolute Gasteiger partial charge is 0.495 e. The summed E-state index contributed by atoms with van der Waals surface area (Å²) >= 11 is 7.53. The molecular formula is C19H20ClNO4S. The van der Waals surface area contributed by atoms with Crippen LogP contribution in [-0.2, 0) is 22.4 Å². The van der Waals surface area contributed by atoms with Gasteiger partial charge in [0, 0.05) is 15.3 Å². The molecular weight excluding hydrogens is 374 g/mol. The summed E-state index contributed by atoms with van der Waals surface area (Å²) in [5.41, 5.74) is 2.10. The van der Waals surface area contributed by atoms with E-state index in [1.54, 1.807) is 29.5 Å². The lowest BCUT2D eigenvalue weighted by atomic mass is 9.88. The molecule has 2 aromatic rings. The van der Waals surface area contributed by atoms with E-state index >= 15 is 0 Å². The second-order valence-corrected chi connectivity index (χ2v) is 7.77. The lowest BCUT2D eigenvalue weighted by Gasteiger charge is -2.18. The molecule has 1 amide bonds. The van der Waals surface area contributed by atoms with Crippen molar-refractivity contribution in [3.05, 3.63) is 44.6 Å². The smallest absolute Gasteiger partial charge is 0.339 e. The molecule has 0 saturated carbocycles. The number of esters is 1. The Morgan fingerprint density at radius 2 is 2.19 bits per heavy atom. The summed E-state index contributed by atoms with van der Waals surface area (Å²) < 4.78 is 10.4. The number of ether oxygens (including phenoxy) is 2.